The van der Waals surface area contributed by atoms with Crippen molar-refractivity contribution >= 4 is 12.1 Å². The van der Waals surface area contributed by atoms with E-state index >= 15 is 0 Å². The number of nitrogens with zero attached hydrogens (tertiary/aromatic N) is 1. The molecule has 96 valence electrons. The zero-order valence-electron chi connectivity index (χ0n) is 10.9. The van der Waals surface area contributed by atoms with Crippen molar-refractivity contribution in [2.45, 2.75) is 39.3 Å². The summed E-state index contributed by atoms with van der Waals surface area (Å²) in [6.07, 6.45) is 1.22. The average Bonchev–Trinajstić information content (AvgIpc) is 2.56. The Labute approximate surface area is 101 Å². The van der Waals surface area contributed by atoms with Crippen LogP contribution in [0.15, 0.2) is 11.6 Å². The summed E-state index contributed by atoms with van der Waals surface area (Å²) in [7, 11) is 1.30. The smallest absolute Gasteiger partial charge is 0.411 e. The normalized spacial score (nSPS) is 19.9. The van der Waals surface area contributed by atoms with Gasteiger partial charge in [0.15, 0.2) is 6.04 Å². The van der Waals surface area contributed by atoms with Gasteiger partial charge in [-0.05, 0) is 27.7 Å². The molecule has 0 aliphatic carbocycles. The highest BCUT2D eigenvalue weighted by Crippen LogP contribution is 2.20. The molecule has 0 unspecified atom stereocenters. The van der Waals surface area contributed by atoms with E-state index in [9.17, 15) is 9.59 Å². The minimum Gasteiger partial charge on any atom is -0.467 e. The standard InChI is InChI=1S/C12H19NO4/c1-8-6-9(10(14)16-5)13(7-8)11(15)17-12(2,3)4/h6,9H,7H2,1-5H3/t9-/m0/s1. The first kappa shape index (κ1) is 13.5. The molecule has 0 N–H and O–H groups in total. The summed E-state index contributed by atoms with van der Waals surface area (Å²) in [4.78, 5) is 24.8. The maximum Gasteiger partial charge on any atom is 0.411 e. The summed E-state index contributed by atoms with van der Waals surface area (Å²) in [5.74, 6) is -0.451. The average molecular weight is 241 g/mol. The van der Waals surface area contributed by atoms with E-state index in [4.69, 9.17) is 4.74 Å². The predicted octanol–water partition coefficient (Wildman–Crippen LogP) is 1.72. The Kier molecular flexibility index (Phi) is 3.80. The van der Waals surface area contributed by atoms with Gasteiger partial charge < -0.3 is 9.47 Å². The molecule has 1 atom stereocenters. The molecule has 5 nitrogen and oxygen atoms in total. The second-order valence-electron chi connectivity index (χ2n) is 5.09. The van der Waals surface area contributed by atoms with Crippen molar-refractivity contribution in [1.29, 1.82) is 0 Å². The fraction of sp³-hybridized carbons (Fsp3) is 0.667. The lowest BCUT2D eigenvalue weighted by Crippen LogP contribution is -2.44. The van der Waals surface area contributed by atoms with Crippen molar-refractivity contribution < 1.29 is 19.1 Å². The molecule has 0 aromatic rings. The fourth-order valence-corrected chi connectivity index (χ4v) is 1.59. The monoisotopic (exact) mass is 241 g/mol. The molecule has 0 bridgehead atoms. The Balaban J connectivity index is 2.77. The number of esters is 1. The van der Waals surface area contributed by atoms with Crippen molar-refractivity contribution in [1.82, 2.24) is 4.90 Å². The Hall–Kier alpha value is -1.52. The van der Waals surface area contributed by atoms with Crippen LogP contribution in [0.3, 0.4) is 0 Å². The van der Waals surface area contributed by atoms with E-state index in [0.29, 0.717) is 6.54 Å². The van der Waals surface area contributed by atoms with Gasteiger partial charge in [-0.3, -0.25) is 4.90 Å². The summed E-state index contributed by atoms with van der Waals surface area (Å²) >= 11 is 0. The first-order chi connectivity index (χ1) is 7.74. The summed E-state index contributed by atoms with van der Waals surface area (Å²) in [6, 6.07) is -0.671. The third-order valence-electron chi connectivity index (χ3n) is 2.27. The van der Waals surface area contributed by atoms with Crippen LogP contribution < -0.4 is 0 Å². The van der Waals surface area contributed by atoms with Crippen LogP contribution in [-0.4, -0.2) is 42.3 Å². The van der Waals surface area contributed by atoms with Crippen LogP contribution >= 0.6 is 0 Å². The number of amides is 1. The topological polar surface area (TPSA) is 55.8 Å². The molecule has 17 heavy (non-hydrogen) atoms. The van der Waals surface area contributed by atoms with Gasteiger partial charge in [-0.25, -0.2) is 9.59 Å². The molecule has 1 rings (SSSR count). The molecule has 1 heterocycles. The Morgan fingerprint density at radius 1 is 1.41 bits per heavy atom. The highest BCUT2D eigenvalue weighted by Gasteiger charge is 2.36. The van der Waals surface area contributed by atoms with Crippen LogP contribution in [0.4, 0.5) is 4.79 Å². The van der Waals surface area contributed by atoms with Gasteiger partial charge in [0.2, 0.25) is 0 Å². The lowest BCUT2D eigenvalue weighted by molar-refractivity contribution is -0.144. The van der Waals surface area contributed by atoms with E-state index in [1.165, 1.54) is 12.0 Å². The Bertz CT molecular complexity index is 354. The maximum atomic E-state index is 11.9. The van der Waals surface area contributed by atoms with Gasteiger partial charge in [0.25, 0.3) is 0 Å². The van der Waals surface area contributed by atoms with E-state index in [2.05, 4.69) is 4.74 Å². The van der Waals surface area contributed by atoms with Crippen LogP contribution in [0.25, 0.3) is 0 Å². The molecule has 0 radical (unpaired) electrons. The van der Waals surface area contributed by atoms with Crippen LogP contribution in [0.2, 0.25) is 0 Å². The van der Waals surface area contributed by atoms with E-state index < -0.39 is 23.7 Å². The number of methoxy groups -OCH3 is 1. The van der Waals surface area contributed by atoms with Crippen LogP contribution in [-0.2, 0) is 14.3 Å². The van der Waals surface area contributed by atoms with E-state index in [1.54, 1.807) is 26.8 Å². The van der Waals surface area contributed by atoms with Crippen molar-refractivity contribution in [3.8, 4) is 0 Å². The van der Waals surface area contributed by atoms with E-state index in [-0.39, 0.29) is 0 Å². The molecule has 0 spiro atoms. The number of hydrogen-bond donors (Lipinski definition) is 0. The molecule has 0 fully saturated rings. The quantitative estimate of drug-likeness (QED) is 0.518. The second kappa shape index (κ2) is 4.77. The highest BCUT2D eigenvalue weighted by molar-refractivity contribution is 5.84. The number of hydrogen-bond acceptors (Lipinski definition) is 4. The highest BCUT2D eigenvalue weighted by atomic mass is 16.6. The predicted molar refractivity (Wildman–Crippen MR) is 62.5 cm³/mol. The third-order valence-corrected chi connectivity index (χ3v) is 2.27. The van der Waals surface area contributed by atoms with Crippen molar-refractivity contribution in [3.63, 3.8) is 0 Å². The maximum absolute atomic E-state index is 11.9. The van der Waals surface area contributed by atoms with Crippen molar-refractivity contribution in [2.75, 3.05) is 13.7 Å². The number of carbonyl (C=O) groups excluding carboxylic acids is 2. The SMILES string of the molecule is COC(=O)[C@@H]1C=C(C)CN1C(=O)OC(C)(C)C. The van der Waals surface area contributed by atoms with Crippen molar-refractivity contribution in [3.05, 3.63) is 11.6 Å². The summed E-state index contributed by atoms with van der Waals surface area (Å²) < 4.78 is 9.90. The fourth-order valence-electron chi connectivity index (χ4n) is 1.59. The van der Waals surface area contributed by atoms with Gasteiger partial charge in [0.05, 0.1) is 7.11 Å². The zero-order valence-corrected chi connectivity index (χ0v) is 10.9. The molecule has 0 saturated heterocycles. The zero-order chi connectivity index (χ0) is 13.2. The van der Waals surface area contributed by atoms with Crippen LogP contribution in [0.1, 0.15) is 27.7 Å². The van der Waals surface area contributed by atoms with Gasteiger partial charge in [-0.15, -0.1) is 0 Å². The lowest BCUT2D eigenvalue weighted by Gasteiger charge is -2.27. The number of ether oxygens (including phenoxy) is 2. The summed E-state index contributed by atoms with van der Waals surface area (Å²) in [6.45, 7) is 7.62. The van der Waals surface area contributed by atoms with Crippen LogP contribution in [0.5, 0.6) is 0 Å². The second-order valence-corrected chi connectivity index (χ2v) is 5.09. The molecule has 0 aromatic carbocycles. The Morgan fingerprint density at radius 3 is 2.47 bits per heavy atom. The third kappa shape index (κ3) is 3.47. The largest absolute Gasteiger partial charge is 0.467 e. The summed E-state index contributed by atoms with van der Waals surface area (Å²) in [5, 5.41) is 0. The molecule has 1 aliphatic heterocycles. The Morgan fingerprint density at radius 2 is 2.00 bits per heavy atom. The molecule has 0 aromatic heterocycles. The van der Waals surface area contributed by atoms with E-state index in [1.807, 2.05) is 6.92 Å². The van der Waals surface area contributed by atoms with Gasteiger partial charge in [0, 0.05) is 6.54 Å². The molecule has 1 aliphatic rings. The van der Waals surface area contributed by atoms with E-state index in [0.717, 1.165) is 5.57 Å². The van der Waals surface area contributed by atoms with Gasteiger partial charge in [-0.1, -0.05) is 11.6 Å². The minimum absolute atomic E-state index is 0.398. The lowest BCUT2D eigenvalue weighted by atomic mass is 10.2. The molecule has 1 amide bonds. The van der Waals surface area contributed by atoms with Crippen LogP contribution in [0, 0.1) is 0 Å². The van der Waals surface area contributed by atoms with Crippen molar-refractivity contribution in [2.24, 2.45) is 0 Å². The van der Waals surface area contributed by atoms with Gasteiger partial charge in [0.1, 0.15) is 5.60 Å². The number of rotatable bonds is 1. The molecule has 5 heteroatoms. The van der Waals surface area contributed by atoms with Gasteiger partial charge in [-0.2, -0.15) is 0 Å². The summed E-state index contributed by atoms with van der Waals surface area (Å²) in [5.41, 5.74) is 0.375. The first-order valence-electron chi connectivity index (χ1n) is 5.49. The number of carbonyl (C=O) groups is 2. The molecule has 0 saturated carbocycles. The minimum atomic E-state index is -0.671. The molecular weight excluding hydrogens is 222 g/mol. The van der Waals surface area contributed by atoms with Gasteiger partial charge >= 0.3 is 12.1 Å². The first-order valence-corrected chi connectivity index (χ1v) is 5.49. The molecular formula is C12H19NO4.